The van der Waals surface area contributed by atoms with Gasteiger partial charge in [0.2, 0.25) is 5.91 Å². The maximum Gasteiger partial charge on any atom is 0.312 e. The van der Waals surface area contributed by atoms with E-state index < -0.39 is 12.1 Å². The SMILES string of the molecule is CCC[C@@H](NC(N)=O)C(=O)Nc1ccc(-c2n[nH]c(CN)n2)cc1. The first kappa shape index (κ1) is 17.4. The quantitative estimate of drug-likeness (QED) is 0.506. The van der Waals surface area contributed by atoms with Gasteiger partial charge in [0.15, 0.2) is 5.82 Å². The molecule has 1 aromatic heterocycles. The lowest BCUT2D eigenvalue weighted by molar-refractivity contribution is -0.118. The molecule has 24 heavy (non-hydrogen) atoms. The third-order valence-electron chi connectivity index (χ3n) is 3.35. The number of nitrogens with two attached hydrogens (primary N) is 2. The number of amides is 3. The second-order valence-corrected chi connectivity index (χ2v) is 5.23. The van der Waals surface area contributed by atoms with Crippen molar-refractivity contribution >= 4 is 17.6 Å². The molecule has 1 atom stereocenters. The molecule has 0 aliphatic rings. The molecule has 3 amide bonds. The van der Waals surface area contributed by atoms with Gasteiger partial charge < -0.3 is 22.1 Å². The van der Waals surface area contributed by atoms with E-state index in [1.54, 1.807) is 24.3 Å². The summed E-state index contributed by atoms with van der Waals surface area (Å²) in [7, 11) is 0. The molecule has 0 bridgehead atoms. The second-order valence-electron chi connectivity index (χ2n) is 5.23. The van der Waals surface area contributed by atoms with Crippen molar-refractivity contribution in [3.63, 3.8) is 0 Å². The number of anilines is 1. The molecule has 2 rings (SSSR count). The summed E-state index contributed by atoms with van der Waals surface area (Å²) in [4.78, 5) is 27.4. The number of nitrogens with one attached hydrogen (secondary N) is 3. The highest BCUT2D eigenvalue weighted by molar-refractivity contribution is 5.96. The molecule has 0 saturated heterocycles. The summed E-state index contributed by atoms with van der Waals surface area (Å²) >= 11 is 0. The summed E-state index contributed by atoms with van der Waals surface area (Å²) in [6.07, 6.45) is 1.25. The van der Waals surface area contributed by atoms with Crippen molar-refractivity contribution in [3.8, 4) is 11.4 Å². The average Bonchev–Trinajstić information content (AvgIpc) is 3.04. The van der Waals surface area contributed by atoms with Gasteiger partial charge in [0.25, 0.3) is 0 Å². The first-order valence-corrected chi connectivity index (χ1v) is 7.62. The number of carbonyl (C=O) groups excluding carboxylic acids is 2. The van der Waals surface area contributed by atoms with Crippen molar-refractivity contribution in [2.24, 2.45) is 11.5 Å². The molecule has 9 heteroatoms. The Morgan fingerprint density at radius 3 is 2.54 bits per heavy atom. The number of benzene rings is 1. The van der Waals surface area contributed by atoms with Crippen LogP contribution in [0.15, 0.2) is 24.3 Å². The number of hydrogen-bond acceptors (Lipinski definition) is 5. The number of rotatable bonds is 7. The monoisotopic (exact) mass is 331 g/mol. The molecule has 0 spiro atoms. The molecule has 1 aromatic carbocycles. The van der Waals surface area contributed by atoms with Gasteiger partial charge in [-0.1, -0.05) is 13.3 Å². The van der Waals surface area contributed by atoms with Crippen LogP contribution in [0.4, 0.5) is 10.5 Å². The van der Waals surface area contributed by atoms with Crippen molar-refractivity contribution in [1.29, 1.82) is 0 Å². The van der Waals surface area contributed by atoms with Gasteiger partial charge in [0, 0.05) is 11.3 Å². The predicted molar refractivity (Wildman–Crippen MR) is 89.8 cm³/mol. The maximum absolute atomic E-state index is 12.2. The molecule has 9 nitrogen and oxygen atoms in total. The zero-order chi connectivity index (χ0) is 17.5. The van der Waals surface area contributed by atoms with Crippen LogP contribution < -0.4 is 22.1 Å². The summed E-state index contributed by atoms with van der Waals surface area (Å²) in [5, 5.41) is 12.0. The first-order valence-electron chi connectivity index (χ1n) is 7.62. The van der Waals surface area contributed by atoms with Gasteiger partial charge in [-0.05, 0) is 30.7 Å². The Hall–Kier alpha value is -2.94. The van der Waals surface area contributed by atoms with Crippen molar-refractivity contribution in [3.05, 3.63) is 30.1 Å². The van der Waals surface area contributed by atoms with Crippen LogP contribution in [-0.4, -0.2) is 33.2 Å². The van der Waals surface area contributed by atoms with E-state index in [0.29, 0.717) is 23.8 Å². The normalized spacial score (nSPS) is 11.8. The number of primary amides is 1. The Kier molecular flexibility index (Phi) is 5.85. The van der Waals surface area contributed by atoms with Crippen LogP contribution in [0.5, 0.6) is 0 Å². The minimum absolute atomic E-state index is 0.285. The Morgan fingerprint density at radius 2 is 2.00 bits per heavy atom. The van der Waals surface area contributed by atoms with E-state index in [1.165, 1.54) is 0 Å². The predicted octanol–water partition coefficient (Wildman–Crippen LogP) is 0.706. The second kappa shape index (κ2) is 8.06. The Bertz CT molecular complexity index is 696. The van der Waals surface area contributed by atoms with Crippen molar-refractivity contribution < 1.29 is 9.59 Å². The van der Waals surface area contributed by atoms with Gasteiger partial charge in [0.05, 0.1) is 6.54 Å². The first-order chi connectivity index (χ1) is 11.5. The molecule has 0 aliphatic carbocycles. The summed E-state index contributed by atoms with van der Waals surface area (Å²) in [5.41, 5.74) is 12.0. The molecule has 1 heterocycles. The van der Waals surface area contributed by atoms with E-state index in [1.807, 2.05) is 6.92 Å². The fourth-order valence-corrected chi connectivity index (χ4v) is 2.18. The van der Waals surface area contributed by atoms with E-state index in [9.17, 15) is 9.59 Å². The summed E-state index contributed by atoms with van der Waals surface area (Å²) in [5.74, 6) is 0.821. The zero-order valence-electron chi connectivity index (χ0n) is 13.4. The molecular formula is C15H21N7O2. The Balaban J connectivity index is 2.04. The van der Waals surface area contributed by atoms with Crippen LogP contribution in [0.1, 0.15) is 25.6 Å². The van der Waals surface area contributed by atoms with E-state index in [4.69, 9.17) is 11.5 Å². The highest BCUT2D eigenvalue weighted by Gasteiger charge is 2.18. The van der Waals surface area contributed by atoms with Gasteiger partial charge in [-0.25, -0.2) is 9.78 Å². The van der Waals surface area contributed by atoms with Crippen LogP contribution in [0.25, 0.3) is 11.4 Å². The highest BCUT2D eigenvalue weighted by atomic mass is 16.2. The van der Waals surface area contributed by atoms with Crippen LogP contribution in [0.3, 0.4) is 0 Å². The van der Waals surface area contributed by atoms with Crippen molar-refractivity contribution in [1.82, 2.24) is 20.5 Å². The number of aromatic nitrogens is 3. The van der Waals surface area contributed by atoms with E-state index in [2.05, 4.69) is 25.8 Å². The smallest absolute Gasteiger partial charge is 0.312 e. The molecule has 7 N–H and O–H groups in total. The molecular weight excluding hydrogens is 310 g/mol. The number of hydrogen-bond donors (Lipinski definition) is 5. The molecule has 0 saturated carbocycles. The van der Waals surface area contributed by atoms with Crippen molar-refractivity contribution in [2.45, 2.75) is 32.4 Å². The van der Waals surface area contributed by atoms with Gasteiger partial charge >= 0.3 is 6.03 Å². The van der Waals surface area contributed by atoms with Gasteiger partial charge in [-0.15, -0.1) is 0 Å². The topological polar surface area (TPSA) is 152 Å². The fraction of sp³-hybridized carbons (Fsp3) is 0.333. The average molecular weight is 331 g/mol. The van der Waals surface area contributed by atoms with E-state index in [-0.39, 0.29) is 12.5 Å². The zero-order valence-corrected chi connectivity index (χ0v) is 13.4. The lowest BCUT2D eigenvalue weighted by Crippen LogP contribution is -2.46. The Labute approximate surface area is 139 Å². The number of aromatic amines is 1. The van der Waals surface area contributed by atoms with E-state index >= 15 is 0 Å². The summed E-state index contributed by atoms with van der Waals surface area (Å²) in [6.45, 7) is 2.21. The molecule has 2 aromatic rings. The van der Waals surface area contributed by atoms with Crippen molar-refractivity contribution in [2.75, 3.05) is 5.32 Å². The van der Waals surface area contributed by atoms with Gasteiger partial charge in [-0.3, -0.25) is 9.89 Å². The lowest BCUT2D eigenvalue weighted by atomic mass is 10.1. The largest absolute Gasteiger partial charge is 0.352 e. The molecule has 0 unspecified atom stereocenters. The lowest BCUT2D eigenvalue weighted by Gasteiger charge is -2.16. The van der Waals surface area contributed by atoms with Crippen LogP contribution >= 0.6 is 0 Å². The number of nitrogens with zero attached hydrogens (tertiary/aromatic N) is 2. The summed E-state index contributed by atoms with van der Waals surface area (Å²) in [6, 6.07) is 5.66. The molecule has 128 valence electrons. The third kappa shape index (κ3) is 4.53. The fourth-order valence-electron chi connectivity index (χ4n) is 2.18. The van der Waals surface area contributed by atoms with E-state index in [0.717, 1.165) is 12.0 Å². The maximum atomic E-state index is 12.2. The number of carbonyl (C=O) groups is 2. The highest BCUT2D eigenvalue weighted by Crippen LogP contribution is 2.18. The minimum atomic E-state index is -0.723. The van der Waals surface area contributed by atoms with Crippen LogP contribution in [0.2, 0.25) is 0 Å². The molecule has 0 aliphatic heterocycles. The third-order valence-corrected chi connectivity index (χ3v) is 3.35. The number of H-pyrrole nitrogens is 1. The van der Waals surface area contributed by atoms with Gasteiger partial charge in [-0.2, -0.15) is 5.10 Å². The Morgan fingerprint density at radius 1 is 1.29 bits per heavy atom. The molecule has 0 fully saturated rings. The minimum Gasteiger partial charge on any atom is -0.352 e. The van der Waals surface area contributed by atoms with Crippen LogP contribution in [0, 0.1) is 0 Å². The van der Waals surface area contributed by atoms with Gasteiger partial charge in [0.1, 0.15) is 11.9 Å². The van der Waals surface area contributed by atoms with Crippen LogP contribution in [-0.2, 0) is 11.3 Å². The molecule has 0 radical (unpaired) electrons. The standard InChI is InChI=1S/C15H21N7O2/c1-2-3-11(19-15(17)24)14(23)18-10-6-4-9(5-7-10)13-20-12(8-16)21-22-13/h4-7,11H,2-3,8,16H2,1H3,(H,18,23)(H3,17,19,24)(H,20,21,22)/t11-/m1/s1. The number of urea groups is 1. The summed E-state index contributed by atoms with van der Waals surface area (Å²) < 4.78 is 0.